The van der Waals surface area contributed by atoms with E-state index in [4.69, 9.17) is 14.2 Å². The Labute approximate surface area is 180 Å². The standard InChI is InChI=1S/C23H25NO7/c1-29-12-4-11-24-20(15-7-10-17(25)18(13-15)31-3)19(22(27)23(24)28)21(26)14-5-8-16(30-2)9-6-14/h5-10,13,20,25-26H,4,11-12H2,1-3H3/t20-/m1/s1. The van der Waals surface area contributed by atoms with E-state index in [2.05, 4.69) is 0 Å². The van der Waals surface area contributed by atoms with Gasteiger partial charge < -0.3 is 29.3 Å². The fraction of sp³-hybridized carbons (Fsp3) is 0.304. The Morgan fingerprint density at radius 3 is 2.35 bits per heavy atom. The van der Waals surface area contributed by atoms with Gasteiger partial charge in [0.2, 0.25) is 0 Å². The maximum absolute atomic E-state index is 12.9. The van der Waals surface area contributed by atoms with Gasteiger partial charge in [-0.15, -0.1) is 0 Å². The molecule has 0 saturated carbocycles. The SMILES string of the molecule is COCCCN1C(=O)C(=O)C(=C(O)c2ccc(OC)cc2)[C@H]1c1ccc(O)c(OC)c1. The van der Waals surface area contributed by atoms with Crippen LogP contribution < -0.4 is 9.47 Å². The molecule has 164 valence electrons. The number of hydrogen-bond donors (Lipinski definition) is 2. The molecule has 1 aliphatic heterocycles. The van der Waals surface area contributed by atoms with Gasteiger partial charge in [-0.1, -0.05) is 6.07 Å². The van der Waals surface area contributed by atoms with Crippen molar-refractivity contribution in [1.29, 1.82) is 0 Å². The third-order valence-corrected chi connectivity index (χ3v) is 5.17. The molecule has 1 saturated heterocycles. The molecule has 1 fully saturated rings. The van der Waals surface area contributed by atoms with Gasteiger partial charge in [0.15, 0.2) is 11.5 Å². The molecule has 3 rings (SSSR count). The first-order valence-electron chi connectivity index (χ1n) is 9.71. The molecule has 0 spiro atoms. The van der Waals surface area contributed by atoms with Crippen LogP contribution in [0.1, 0.15) is 23.6 Å². The van der Waals surface area contributed by atoms with E-state index in [0.717, 1.165) is 0 Å². The second kappa shape index (κ2) is 9.53. The molecule has 2 N–H and O–H groups in total. The Balaban J connectivity index is 2.13. The van der Waals surface area contributed by atoms with E-state index < -0.39 is 17.7 Å². The Morgan fingerprint density at radius 2 is 1.74 bits per heavy atom. The summed E-state index contributed by atoms with van der Waals surface area (Å²) in [6, 6.07) is 10.3. The molecule has 1 aliphatic rings. The molecule has 2 aromatic rings. The van der Waals surface area contributed by atoms with Gasteiger partial charge in [0.1, 0.15) is 11.5 Å². The quantitative estimate of drug-likeness (QED) is 0.289. The molecule has 0 radical (unpaired) electrons. The largest absolute Gasteiger partial charge is 0.507 e. The van der Waals surface area contributed by atoms with Crippen LogP contribution in [-0.4, -0.2) is 61.3 Å². The van der Waals surface area contributed by atoms with Crippen LogP contribution in [0.4, 0.5) is 0 Å². The van der Waals surface area contributed by atoms with Crippen molar-refractivity contribution in [2.24, 2.45) is 0 Å². The van der Waals surface area contributed by atoms with Crippen LogP contribution in [-0.2, 0) is 14.3 Å². The third-order valence-electron chi connectivity index (χ3n) is 5.17. The van der Waals surface area contributed by atoms with E-state index in [9.17, 15) is 19.8 Å². The predicted octanol–water partition coefficient (Wildman–Crippen LogP) is 2.87. The van der Waals surface area contributed by atoms with Gasteiger partial charge in [-0.3, -0.25) is 9.59 Å². The maximum Gasteiger partial charge on any atom is 0.295 e. The smallest absolute Gasteiger partial charge is 0.295 e. The number of phenolic OH excluding ortho intramolecular Hbond substituents is 1. The number of ether oxygens (including phenoxy) is 3. The molecule has 1 amide bonds. The van der Waals surface area contributed by atoms with Gasteiger partial charge in [0.05, 0.1) is 25.8 Å². The van der Waals surface area contributed by atoms with Crippen molar-refractivity contribution < 1.29 is 34.0 Å². The topological polar surface area (TPSA) is 106 Å². The summed E-state index contributed by atoms with van der Waals surface area (Å²) >= 11 is 0. The lowest BCUT2D eigenvalue weighted by Gasteiger charge is -2.25. The van der Waals surface area contributed by atoms with Gasteiger partial charge in [0, 0.05) is 25.8 Å². The zero-order chi connectivity index (χ0) is 22.5. The number of rotatable bonds is 8. The third kappa shape index (κ3) is 4.34. The Kier molecular flexibility index (Phi) is 6.81. The summed E-state index contributed by atoms with van der Waals surface area (Å²) in [7, 11) is 4.49. The highest BCUT2D eigenvalue weighted by Gasteiger charge is 2.46. The molecule has 0 aliphatic carbocycles. The number of likely N-dealkylation sites (tertiary alicyclic amines) is 1. The summed E-state index contributed by atoms with van der Waals surface area (Å²) in [5.41, 5.74) is 0.882. The molecule has 31 heavy (non-hydrogen) atoms. The minimum atomic E-state index is -0.839. The normalized spacial score (nSPS) is 17.8. The second-order valence-electron chi connectivity index (χ2n) is 7.00. The lowest BCUT2D eigenvalue weighted by molar-refractivity contribution is -0.140. The van der Waals surface area contributed by atoms with E-state index in [1.165, 1.54) is 25.2 Å². The van der Waals surface area contributed by atoms with Crippen LogP contribution in [0.25, 0.3) is 5.76 Å². The number of Topliss-reactive ketones (excluding diaryl/α,β-unsaturated/α-hetero) is 1. The van der Waals surface area contributed by atoms with E-state index in [-0.39, 0.29) is 29.4 Å². The number of aromatic hydroxyl groups is 1. The van der Waals surface area contributed by atoms with Crippen LogP contribution in [0.2, 0.25) is 0 Å². The molecular formula is C23H25NO7. The second-order valence-corrected chi connectivity index (χ2v) is 7.00. The number of nitrogens with zero attached hydrogens (tertiary/aromatic N) is 1. The van der Waals surface area contributed by atoms with Crippen molar-refractivity contribution in [1.82, 2.24) is 4.90 Å². The van der Waals surface area contributed by atoms with E-state index in [1.54, 1.807) is 43.5 Å². The first-order chi connectivity index (χ1) is 14.9. The number of carbonyl (C=O) groups is 2. The van der Waals surface area contributed by atoms with Crippen LogP contribution >= 0.6 is 0 Å². The summed E-state index contributed by atoms with van der Waals surface area (Å²) in [5.74, 6) is -1.04. The van der Waals surface area contributed by atoms with Crippen molar-refractivity contribution in [3.63, 3.8) is 0 Å². The van der Waals surface area contributed by atoms with Crippen molar-refractivity contribution in [3.8, 4) is 17.2 Å². The van der Waals surface area contributed by atoms with Gasteiger partial charge in [-0.2, -0.15) is 0 Å². The first-order valence-corrected chi connectivity index (χ1v) is 9.71. The Bertz CT molecular complexity index is 997. The van der Waals surface area contributed by atoms with Gasteiger partial charge in [-0.05, 0) is 48.4 Å². The number of carbonyl (C=O) groups excluding carboxylic acids is 2. The number of amides is 1. The summed E-state index contributed by atoms with van der Waals surface area (Å²) < 4.78 is 15.4. The van der Waals surface area contributed by atoms with Crippen LogP contribution in [0.15, 0.2) is 48.0 Å². The van der Waals surface area contributed by atoms with Crippen LogP contribution in [0.5, 0.6) is 17.2 Å². The first kappa shape index (κ1) is 22.2. The summed E-state index contributed by atoms with van der Waals surface area (Å²) in [5, 5.41) is 21.0. The van der Waals surface area contributed by atoms with Crippen molar-refractivity contribution in [2.45, 2.75) is 12.5 Å². The summed E-state index contributed by atoms with van der Waals surface area (Å²) in [6.07, 6.45) is 0.512. The van der Waals surface area contributed by atoms with Gasteiger partial charge in [0.25, 0.3) is 11.7 Å². The van der Waals surface area contributed by atoms with Gasteiger partial charge >= 0.3 is 0 Å². The molecular weight excluding hydrogens is 402 g/mol. The van der Waals surface area contributed by atoms with E-state index in [1.807, 2.05) is 0 Å². The Hall–Kier alpha value is -3.52. The average Bonchev–Trinajstić information content (AvgIpc) is 3.04. The highest BCUT2D eigenvalue weighted by Crippen LogP contribution is 2.41. The van der Waals surface area contributed by atoms with Crippen molar-refractivity contribution >= 4 is 17.4 Å². The lowest BCUT2D eigenvalue weighted by Crippen LogP contribution is -2.31. The number of methoxy groups -OCH3 is 3. The molecule has 8 nitrogen and oxygen atoms in total. The van der Waals surface area contributed by atoms with Crippen LogP contribution in [0, 0.1) is 0 Å². The minimum Gasteiger partial charge on any atom is -0.507 e. The summed E-state index contributed by atoms with van der Waals surface area (Å²) in [4.78, 5) is 27.2. The molecule has 0 unspecified atom stereocenters. The number of benzene rings is 2. The molecule has 0 bridgehead atoms. The van der Waals surface area contributed by atoms with Crippen molar-refractivity contribution in [3.05, 3.63) is 59.2 Å². The number of aliphatic hydroxyl groups excluding tert-OH is 1. The fourth-order valence-electron chi connectivity index (χ4n) is 3.61. The molecule has 2 aromatic carbocycles. The van der Waals surface area contributed by atoms with Crippen molar-refractivity contribution in [2.75, 3.05) is 34.5 Å². The minimum absolute atomic E-state index is 0.0275. The van der Waals surface area contributed by atoms with E-state index in [0.29, 0.717) is 29.9 Å². The predicted molar refractivity (Wildman–Crippen MR) is 113 cm³/mol. The number of ketones is 1. The molecule has 1 atom stereocenters. The number of aliphatic hydroxyl groups is 1. The average molecular weight is 427 g/mol. The number of phenols is 1. The molecule has 0 aromatic heterocycles. The zero-order valence-corrected chi connectivity index (χ0v) is 17.6. The van der Waals surface area contributed by atoms with E-state index >= 15 is 0 Å². The molecule has 8 heteroatoms. The lowest BCUT2D eigenvalue weighted by atomic mass is 9.95. The monoisotopic (exact) mass is 427 g/mol. The fourth-order valence-corrected chi connectivity index (χ4v) is 3.61. The van der Waals surface area contributed by atoms with Gasteiger partial charge in [-0.25, -0.2) is 0 Å². The Morgan fingerprint density at radius 1 is 1.03 bits per heavy atom. The maximum atomic E-state index is 12.9. The highest BCUT2D eigenvalue weighted by molar-refractivity contribution is 6.46. The molecule has 1 heterocycles. The summed E-state index contributed by atoms with van der Waals surface area (Å²) in [6.45, 7) is 0.665. The highest BCUT2D eigenvalue weighted by atomic mass is 16.5. The van der Waals surface area contributed by atoms with Crippen LogP contribution in [0.3, 0.4) is 0 Å². The number of hydrogen-bond acceptors (Lipinski definition) is 7. The zero-order valence-electron chi connectivity index (χ0n) is 17.6.